The molecular formula is C15H12F3N5O. The Bertz CT molecular complexity index is 883. The van der Waals surface area contributed by atoms with Crippen LogP contribution in [0.2, 0.25) is 0 Å². The summed E-state index contributed by atoms with van der Waals surface area (Å²) in [7, 11) is 0. The Kier molecular flexibility index (Phi) is 3.36. The van der Waals surface area contributed by atoms with Gasteiger partial charge in [0.05, 0.1) is 5.56 Å². The first kappa shape index (κ1) is 14.9. The van der Waals surface area contributed by atoms with E-state index in [0.717, 1.165) is 37.7 Å². The lowest BCUT2D eigenvalue weighted by Gasteiger charge is -2.12. The van der Waals surface area contributed by atoms with Crippen molar-refractivity contribution in [1.29, 1.82) is 0 Å². The van der Waals surface area contributed by atoms with Crippen LogP contribution in [0.4, 0.5) is 13.2 Å². The molecule has 0 N–H and O–H groups in total. The molecule has 1 aliphatic rings. The molecule has 0 spiro atoms. The predicted octanol–water partition coefficient (Wildman–Crippen LogP) is 3.35. The fraction of sp³-hybridized carbons (Fsp3) is 0.333. The van der Waals surface area contributed by atoms with Crippen LogP contribution in [0.25, 0.3) is 23.1 Å². The Morgan fingerprint density at radius 3 is 2.75 bits per heavy atom. The van der Waals surface area contributed by atoms with Crippen molar-refractivity contribution in [3.05, 3.63) is 35.7 Å². The summed E-state index contributed by atoms with van der Waals surface area (Å²) in [5.74, 6) is 1.17. The van der Waals surface area contributed by atoms with E-state index in [4.69, 9.17) is 4.52 Å². The van der Waals surface area contributed by atoms with Gasteiger partial charge in [0.1, 0.15) is 5.82 Å². The van der Waals surface area contributed by atoms with Crippen molar-refractivity contribution in [1.82, 2.24) is 24.9 Å². The van der Waals surface area contributed by atoms with Crippen molar-refractivity contribution in [2.75, 3.05) is 0 Å². The van der Waals surface area contributed by atoms with Crippen LogP contribution in [0, 0.1) is 0 Å². The fourth-order valence-electron chi connectivity index (χ4n) is 2.82. The molecule has 4 rings (SSSR count). The summed E-state index contributed by atoms with van der Waals surface area (Å²) in [6, 6.07) is 5.13. The number of rotatable bonds is 2. The van der Waals surface area contributed by atoms with Gasteiger partial charge in [-0.05, 0) is 18.9 Å². The third kappa shape index (κ3) is 2.45. The van der Waals surface area contributed by atoms with Crippen LogP contribution in [0.5, 0.6) is 0 Å². The third-order valence-corrected chi connectivity index (χ3v) is 3.95. The van der Waals surface area contributed by atoms with E-state index in [2.05, 4.69) is 20.3 Å². The summed E-state index contributed by atoms with van der Waals surface area (Å²) >= 11 is 0. The lowest BCUT2D eigenvalue weighted by atomic mass is 10.1. The Hall–Kier alpha value is -2.71. The molecule has 3 heterocycles. The lowest BCUT2D eigenvalue weighted by Crippen LogP contribution is -2.11. The van der Waals surface area contributed by atoms with Crippen LogP contribution in [-0.4, -0.2) is 24.9 Å². The molecule has 1 aliphatic heterocycles. The highest BCUT2D eigenvalue weighted by Crippen LogP contribution is 2.36. The van der Waals surface area contributed by atoms with Crippen molar-refractivity contribution in [2.24, 2.45) is 0 Å². The normalized spacial score (nSPS) is 14.6. The molecule has 1 aromatic carbocycles. The largest absolute Gasteiger partial charge is 0.417 e. The van der Waals surface area contributed by atoms with E-state index in [-0.39, 0.29) is 17.3 Å². The molecule has 6 nitrogen and oxygen atoms in total. The standard InChI is InChI=1S/C15H12F3N5O/c16-15(17,18)10-6-2-1-5-9(10)12-19-14(24-22-12)13-21-20-11-7-3-4-8-23(11)13/h1-2,5-6H,3-4,7-8H2. The molecule has 0 aliphatic carbocycles. The van der Waals surface area contributed by atoms with Crippen molar-refractivity contribution >= 4 is 0 Å². The number of hydrogen-bond donors (Lipinski definition) is 0. The topological polar surface area (TPSA) is 69.6 Å². The molecule has 0 saturated carbocycles. The van der Waals surface area contributed by atoms with E-state index in [9.17, 15) is 13.2 Å². The highest BCUT2D eigenvalue weighted by Gasteiger charge is 2.34. The van der Waals surface area contributed by atoms with Crippen LogP contribution in [-0.2, 0) is 19.1 Å². The molecule has 0 atom stereocenters. The second kappa shape index (κ2) is 5.43. The van der Waals surface area contributed by atoms with E-state index < -0.39 is 11.7 Å². The summed E-state index contributed by atoms with van der Waals surface area (Å²) in [6.45, 7) is 0.731. The summed E-state index contributed by atoms with van der Waals surface area (Å²) in [5.41, 5.74) is -0.931. The van der Waals surface area contributed by atoms with E-state index >= 15 is 0 Å². The molecule has 0 bridgehead atoms. The molecule has 24 heavy (non-hydrogen) atoms. The number of nitrogens with zero attached hydrogens (tertiary/aromatic N) is 5. The summed E-state index contributed by atoms with van der Waals surface area (Å²) in [5, 5.41) is 11.8. The second-order valence-electron chi connectivity index (χ2n) is 5.52. The van der Waals surface area contributed by atoms with Gasteiger partial charge in [0.15, 0.2) is 0 Å². The van der Waals surface area contributed by atoms with Crippen molar-refractivity contribution in [3.8, 4) is 23.1 Å². The molecule has 0 fully saturated rings. The van der Waals surface area contributed by atoms with Gasteiger partial charge in [-0.25, -0.2) is 0 Å². The lowest BCUT2D eigenvalue weighted by molar-refractivity contribution is -0.137. The van der Waals surface area contributed by atoms with E-state index in [1.807, 2.05) is 4.57 Å². The van der Waals surface area contributed by atoms with Crippen LogP contribution in [0.15, 0.2) is 28.8 Å². The maximum Gasteiger partial charge on any atom is 0.417 e. The van der Waals surface area contributed by atoms with Gasteiger partial charge in [-0.15, -0.1) is 10.2 Å². The number of hydrogen-bond acceptors (Lipinski definition) is 5. The number of fused-ring (bicyclic) bond motifs is 1. The Morgan fingerprint density at radius 1 is 1.08 bits per heavy atom. The number of aryl methyl sites for hydroxylation is 1. The highest BCUT2D eigenvalue weighted by molar-refractivity contribution is 5.62. The minimum atomic E-state index is -4.49. The van der Waals surface area contributed by atoms with Crippen LogP contribution >= 0.6 is 0 Å². The molecule has 0 unspecified atom stereocenters. The molecule has 124 valence electrons. The first-order valence-corrected chi connectivity index (χ1v) is 7.47. The van der Waals surface area contributed by atoms with E-state index in [1.54, 1.807) is 0 Å². The van der Waals surface area contributed by atoms with Gasteiger partial charge < -0.3 is 9.09 Å². The van der Waals surface area contributed by atoms with Gasteiger partial charge in [0.25, 0.3) is 5.89 Å². The van der Waals surface area contributed by atoms with E-state index in [0.29, 0.717) is 5.82 Å². The van der Waals surface area contributed by atoms with Crippen molar-refractivity contribution in [3.63, 3.8) is 0 Å². The SMILES string of the molecule is FC(F)(F)c1ccccc1-c1noc(-c2nnc3n2CCCC3)n1. The monoisotopic (exact) mass is 335 g/mol. The van der Waals surface area contributed by atoms with Crippen LogP contribution in [0.1, 0.15) is 24.2 Å². The zero-order valence-corrected chi connectivity index (χ0v) is 12.4. The maximum absolute atomic E-state index is 13.1. The molecule has 9 heteroatoms. The number of benzene rings is 1. The minimum Gasteiger partial charge on any atom is -0.330 e. The Labute approximate surface area is 134 Å². The van der Waals surface area contributed by atoms with Crippen molar-refractivity contribution < 1.29 is 17.7 Å². The Morgan fingerprint density at radius 2 is 1.92 bits per heavy atom. The smallest absolute Gasteiger partial charge is 0.330 e. The van der Waals surface area contributed by atoms with Crippen LogP contribution < -0.4 is 0 Å². The first-order valence-electron chi connectivity index (χ1n) is 7.47. The molecular weight excluding hydrogens is 323 g/mol. The predicted molar refractivity (Wildman–Crippen MR) is 76.7 cm³/mol. The third-order valence-electron chi connectivity index (χ3n) is 3.95. The molecule has 3 aromatic rings. The molecule has 2 aromatic heterocycles. The summed E-state index contributed by atoms with van der Waals surface area (Å²) in [6.07, 6.45) is -1.67. The molecule has 0 amide bonds. The minimum absolute atomic E-state index is 0.0719. The quantitative estimate of drug-likeness (QED) is 0.718. The maximum atomic E-state index is 13.1. The highest BCUT2D eigenvalue weighted by atomic mass is 19.4. The summed E-state index contributed by atoms with van der Waals surface area (Å²) < 4.78 is 46.4. The number of halogens is 3. The van der Waals surface area contributed by atoms with Gasteiger partial charge in [-0.3, -0.25) is 0 Å². The second-order valence-corrected chi connectivity index (χ2v) is 5.52. The fourth-order valence-corrected chi connectivity index (χ4v) is 2.82. The average Bonchev–Trinajstić information content (AvgIpc) is 3.20. The number of alkyl halides is 3. The Balaban J connectivity index is 1.76. The number of aromatic nitrogens is 5. The van der Waals surface area contributed by atoms with Crippen molar-refractivity contribution in [2.45, 2.75) is 32.0 Å². The van der Waals surface area contributed by atoms with Gasteiger partial charge in [-0.2, -0.15) is 18.2 Å². The summed E-state index contributed by atoms with van der Waals surface area (Å²) in [4.78, 5) is 4.10. The zero-order valence-electron chi connectivity index (χ0n) is 12.4. The molecule has 0 radical (unpaired) electrons. The zero-order chi connectivity index (χ0) is 16.7. The molecule has 0 saturated heterocycles. The van der Waals surface area contributed by atoms with Gasteiger partial charge in [0.2, 0.25) is 11.6 Å². The van der Waals surface area contributed by atoms with E-state index in [1.165, 1.54) is 18.2 Å². The van der Waals surface area contributed by atoms with Gasteiger partial charge >= 0.3 is 6.18 Å². The van der Waals surface area contributed by atoms with Crippen LogP contribution in [0.3, 0.4) is 0 Å². The average molecular weight is 335 g/mol. The van der Waals surface area contributed by atoms with Gasteiger partial charge in [0, 0.05) is 18.5 Å². The van der Waals surface area contributed by atoms with Gasteiger partial charge in [-0.1, -0.05) is 23.4 Å². The first-order chi connectivity index (χ1) is 11.5.